The molecule has 0 aliphatic rings. The first-order valence-corrected chi connectivity index (χ1v) is 10.0. The molecule has 2 aromatic heterocycles. The van der Waals surface area contributed by atoms with Crippen molar-refractivity contribution < 1.29 is 28.3 Å². The minimum Gasteiger partial charge on any atom is -0.465 e. The van der Waals surface area contributed by atoms with Crippen molar-refractivity contribution in [3.63, 3.8) is 0 Å². The fourth-order valence-electron chi connectivity index (χ4n) is 2.63. The molecule has 0 saturated heterocycles. The fraction of sp³-hybridized carbons (Fsp3) is 0.238. The first-order chi connectivity index (χ1) is 14.5. The van der Waals surface area contributed by atoms with Crippen LogP contribution in [0.4, 0.5) is 5.69 Å². The minimum atomic E-state index is -0.723. The van der Waals surface area contributed by atoms with Gasteiger partial charge >= 0.3 is 11.9 Å². The van der Waals surface area contributed by atoms with Crippen LogP contribution in [0.5, 0.6) is 0 Å². The van der Waals surface area contributed by atoms with E-state index in [1.54, 1.807) is 56.3 Å². The Morgan fingerprint density at radius 2 is 1.87 bits per heavy atom. The van der Waals surface area contributed by atoms with Gasteiger partial charge in [0.05, 0.1) is 12.9 Å². The van der Waals surface area contributed by atoms with Crippen LogP contribution >= 0.6 is 11.3 Å². The molecule has 0 unspecified atom stereocenters. The van der Waals surface area contributed by atoms with E-state index in [1.165, 1.54) is 22.5 Å². The third-order valence-corrected chi connectivity index (χ3v) is 5.00. The summed E-state index contributed by atoms with van der Waals surface area (Å²) >= 11 is 1.29. The van der Waals surface area contributed by atoms with Crippen molar-refractivity contribution in [1.82, 2.24) is 4.98 Å². The summed E-state index contributed by atoms with van der Waals surface area (Å²) in [5, 5.41) is 0.545. The smallest absolute Gasteiger partial charge is 0.358 e. The van der Waals surface area contributed by atoms with Crippen molar-refractivity contribution in [2.45, 2.75) is 13.8 Å². The molecule has 3 rings (SSSR count). The number of nitrogens with zero attached hydrogens (tertiary/aromatic N) is 2. The van der Waals surface area contributed by atoms with Crippen molar-refractivity contribution in [3.8, 4) is 10.8 Å². The zero-order chi connectivity index (χ0) is 21.5. The van der Waals surface area contributed by atoms with E-state index in [2.05, 4.69) is 4.98 Å². The van der Waals surface area contributed by atoms with Gasteiger partial charge < -0.3 is 13.9 Å². The Labute approximate surface area is 177 Å². The van der Waals surface area contributed by atoms with Crippen LogP contribution in [0.25, 0.3) is 10.8 Å². The van der Waals surface area contributed by atoms with Gasteiger partial charge in [-0.1, -0.05) is 18.2 Å². The van der Waals surface area contributed by atoms with Gasteiger partial charge in [-0.2, -0.15) is 0 Å². The van der Waals surface area contributed by atoms with Gasteiger partial charge in [0, 0.05) is 10.6 Å². The number of thiazole rings is 1. The Morgan fingerprint density at radius 3 is 2.53 bits per heavy atom. The summed E-state index contributed by atoms with van der Waals surface area (Å²) in [5.74, 6) is -1.29. The number of aryl methyl sites for hydroxylation is 1. The van der Waals surface area contributed by atoms with E-state index in [4.69, 9.17) is 13.9 Å². The van der Waals surface area contributed by atoms with Gasteiger partial charge in [-0.05, 0) is 38.1 Å². The normalized spacial score (nSPS) is 10.5. The number of furan rings is 1. The molecule has 0 bridgehead atoms. The lowest BCUT2D eigenvalue weighted by molar-refractivity contribution is -0.142. The number of anilines is 1. The fourth-order valence-corrected chi connectivity index (χ4v) is 3.50. The SMILES string of the molecule is CCOC(=O)CN(C(=O)COC(=O)c1nc(-c2ccco2)sc1C)c1ccccc1. The Kier molecular flexibility index (Phi) is 6.97. The first-order valence-electron chi connectivity index (χ1n) is 9.19. The third kappa shape index (κ3) is 5.12. The Hall–Kier alpha value is -3.46. The maximum atomic E-state index is 12.7. The highest BCUT2D eigenvalue weighted by Crippen LogP contribution is 2.28. The number of benzene rings is 1. The Bertz CT molecular complexity index is 1010. The van der Waals surface area contributed by atoms with Gasteiger partial charge in [-0.3, -0.25) is 14.5 Å². The molecule has 0 saturated carbocycles. The second kappa shape index (κ2) is 9.84. The summed E-state index contributed by atoms with van der Waals surface area (Å²) in [6.45, 7) is 2.79. The molecular formula is C21H20N2O6S. The molecule has 3 aromatic rings. The second-order valence-corrected chi connectivity index (χ2v) is 7.30. The topological polar surface area (TPSA) is 98.9 Å². The van der Waals surface area contributed by atoms with Crippen molar-refractivity contribution in [2.75, 3.05) is 24.7 Å². The molecule has 0 atom stereocenters. The highest BCUT2D eigenvalue weighted by molar-refractivity contribution is 7.15. The van der Waals surface area contributed by atoms with Crippen LogP contribution in [0, 0.1) is 6.92 Å². The van der Waals surface area contributed by atoms with E-state index in [9.17, 15) is 14.4 Å². The van der Waals surface area contributed by atoms with E-state index in [1.807, 2.05) is 0 Å². The molecule has 0 fully saturated rings. The van der Waals surface area contributed by atoms with Crippen LogP contribution < -0.4 is 4.90 Å². The van der Waals surface area contributed by atoms with Crippen molar-refractivity contribution in [3.05, 3.63) is 59.3 Å². The monoisotopic (exact) mass is 428 g/mol. The Morgan fingerprint density at radius 1 is 1.10 bits per heavy atom. The van der Waals surface area contributed by atoms with E-state index in [0.717, 1.165) is 0 Å². The van der Waals surface area contributed by atoms with Crippen LogP contribution in [0.15, 0.2) is 53.1 Å². The number of rotatable bonds is 8. The number of hydrogen-bond acceptors (Lipinski definition) is 8. The van der Waals surface area contributed by atoms with Crippen molar-refractivity contribution in [1.29, 1.82) is 0 Å². The zero-order valence-corrected chi connectivity index (χ0v) is 17.3. The molecule has 0 spiro atoms. The molecule has 8 nitrogen and oxygen atoms in total. The lowest BCUT2D eigenvalue weighted by atomic mass is 10.3. The number of esters is 2. The molecule has 0 aliphatic heterocycles. The van der Waals surface area contributed by atoms with Crippen LogP contribution in [0.1, 0.15) is 22.3 Å². The van der Waals surface area contributed by atoms with Crippen molar-refractivity contribution in [2.24, 2.45) is 0 Å². The van der Waals surface area contributed by atoms with E-state index < -0.39 is 24.5 Å². The zero-order valence-electron chi connectivity index (χ0n) is 16.5. The standard InChI is InChI=1S/C21H20N2O6S/c1-3-27-18(25)12-23(15-8-5-4-6-9-15)17(24)13-29-21(26)19-14(2)30-20(22-19)16-10-7-11-28-16/h4-11H,3,12-13H2,1-2H3. The molecule has 1 aromatic carbocycles. The number of carbonyl (C=O) groups is 3. The number of para-hydroxylation sites is 1. The predicted molar refractivity (Wildman–Crippen MR) is 110 cm³/mol. The minimum absolute atomic E-state index is 0.121. The lowest BCUT2D eigenvalue weighted by Gasteiger charge is -2.21. The summed E-state index contributed by atoms with van der Waals surface area (Å²) in [6, 6.07) is 12.1. The maximum absolute atomic E-state index is 12.7. The summed E-state index contributed by atoms with van der Waals surface area (Å²) in [5.41, 5.74) is 0.618. The van der Waals surface area contributed by atoms with Gasteiger partial charge in [0.15, 0.2) is 23.1 Å². The largest absolute Gasteiger partial charge is 0.465 e. The van der Waals surface area contributed by atoms with Crippen LogP contribution in [-0.2, 0) is 19.1 Å². The molecular weight excluding hydrogens is 408 g/mol. The molecule has 0 N–H and O–H groups in total. The first kappa shape index (κ1) is 21.3. The van der Waals surface area contributed by atoms with E-state index >= 15 is 0 Å². The number of amides is 1. The summed E-state index contributed by atoms with van der Waals surface area (Å²) in [7, 11) is 0. The van der Waals surface area contributed by atoms with Crippen LogP contribution in [0.3, 0.4) is 0 Å². The van der Waals surface area contributed by atoms with Crippen LogP contribution in [0.2, 0.25) is 0 Å². The summed E-state index contributed by atoms with van der Waals surface area (Å²) in [4.78, 5) is 43.2. The molecule has 0 radical (unpaired) electrons. The molecule has 30 heavy (non-hydrogen) atoms. The Balaban J connectivity index is 1.69. The average molecular weight is 428 g/mol. The summed E-state index contributed by atoms with van der Waals surface area (Å²) < 4.78 is 15.4. The number of aromatic nitrogens is 1. The van der Waals surface area contributed by atoms with E-state index in [-0.39, 0.29) is 18.8 Å². The van der Waals surface area contributed by atoms with Gasteiger partial charge in [0.25, 0.3) is 5.91 Å². The second-order valence-electron chi connectivity index (χ2n) is 6.10. The average Bonchev–Trinajstić information content (AvgIpc) is 3.40. The third-order valence-electron chi connectivity index (χ3n) is 4.01. The van der Waals surface area contributed by atoms with Gasteiger partial charge in [0.1, 0.15) is 6.54 Å². The van der Waals surface area contributed by atoms with Gasteiger partial charge in [0.2, 0.25) is 0 Å². The van der Waals surface area contributed by atoms with Gasteiger partial charge in [-0.15, -0.1) is 11.3 Å². The highest BCUT2D eigenvalue weighted by atomic mass is 32.1. The molecule has 156 valence electrons. The molecule has 1 amide bonds. The quantitative estimate of drug-likeness (QED) is 0.507. The molecule has 2 heterocycles. The number of hydrogen-bond donors (Lipinski definition) is 0. The van der Waals surface area contributed by atoms with Crippen LogP contribution in [-0.4, -0.2) is 42.6 Å². The predicted octanol–water partition coefficient (Wildman–Crippen LogP) is 3.46. The molecule has 0 aliphatic carbocycles. The lowest BCUT2D eigenvalue weighted by Crippen LogP contribution is -2.39. The maximum Gasteiger partial charge on any atom is 0.358 e. The van der Waals surface area contributed by atoms with E-state index in [0.29, 0.717) is 21.3 Å². The number of ether oxygens (including phenoxy) is 2. The molecule has 9 heteroatoms. The highest BCUT2D eigenvalue weighted by Gasteiger charge is 2.24. The van der Waals surface area contributed by atoms with Crippen molar-refractivity contribution >= 4 is 34.9 Å². The summed E-state index contributed by atoms with van der Waals surface area (Å²) in [6.07, 6.45) is 1.52. The van der Waals surface area contributed by atoms with Gasteiger partial charge in [-0.25, -0.2) is 9.78 Å². The number of carbonyl (C=O) groups excluding carboxylic acids is 3.